The number of carbonyl (C=O) groups is 1. The molecule has 1 aliphatic carbocycles. The van der Waals surface area contributed by atoms with Gasteiger partial charge in [0.05, 0.1) is 0 Å². The Morgan fingerprint density at radius 3 is 2.53 bits per heavy atom. The van der Waals surface area contributed by atoms with Gasteiger partial charge < -0.3 is 4.90 Å². The van der Waals surface area contributed by atoms with Crippen LogP contribution in [0.5, 0.6) is 0 Å². The van der Waals surface area contributed by atoms with Crippen molar-refractivity contribution in [3.05, 3.63) is 0 Å². The van der Waals surface area contributed by atoms with Crippen LogP contribution < -0.4 is 0 Å². The number of hydrogen-bond acceptors (Lipinski definition) is 1. The van der Waals surface area contributed by atoms with Crippen LogP contribution in [0.4, 0.5) is 0 Å². The monoisotopic (exact) mass is 259 g/mol. The van der Waals surface area contributed by atoms with Crippen molar-refractivity contribution in [2.24, 2.45) is 11.8 Å². The van der Waals surface area contributed by atoms with Crippen LogP contribution in [0.15, 0.2) is 0 Å². The molecule has 3 heteroatoms. The van der Waals surface area contributed by atoms with E-state index in [0.717, 1.165) is 38.6 Å². The van der Waals surface area contributed by atoms with Crippen molar-refractivity contribution in [1.82, 2.24) is 4.90 Å². The van der Waals surface area contributed by atoms with Crippen molar-refractivity contribution >= 4 is 17.5 Å². The van der Waals surface area contributed by atoms with E-state index in [1.807, 2.05) is 11.9 Å². The van der Waals surface area contributed by atoms with Crippen LogP contribution in [0.1, 0.15) is 52.4 Å². The highest BCUT2D eigenvalue weighted by molar-refractivity contribution is 6.21. The minimum absolute atomic E-state index is 0.229. The molecule has 1 rings (SSSR count). The Hall–Kier alpha value is -0.240. The number of unbranched alkanes of at least 4 members (excludes halogenated alkanes) is 1. The van der Waals surface area contributed by atoms with Gasteiger partial charge in [-0.15, -0.1) is 11.6 Å². The molecule has 1 aliphatic rings. The molecule has 0 saturated heterocycles. The zero-order valence-electron chi connectivity index (χ0n) is 11.4. The number of halogens is 1. The highest BCUT2D eigenvalue weighted by Crippen LogP contribution is 2.32. The number of nitrogens with zero attached hydrogens (tertiary/aromatic N) is 1. The van der Waals surface area contributed by atoms with Crippen LogP contribution in [-0.2, 0) is 4.79 Å². The lowest BCUT2D eigenvalue weighted by atomic mass is 9.84. The van der Waals surface area contributed by atoms with E-state index in [2.05, 4.69) is 13.8 Å². The van der Waals surface area contributed by atoms with Gasteiger partial charge >= 0.3 is 0 Å². The van der Waals surface area contributed by atoms with E-state index in [1.54, 1.807) is 0 Å². The Labute approximate surface area is 111 Å². The Balaban J connectivity index is 2.32. The first-order valence-electron chi connectivity index (χ1n) is 6.97. The fourth-order valence-electron chi connectivity index (χ4n) is 2.55. The minimum atomic E-state index is 0.229. The minimum Gasteiger partial charge on any atom is -0.345 e. The van der Waals surface area contributed by atoms with E-state index in [-0.39, 0.29) is 5.92 Å². The van der Waals surface area contributed by atoms with Crippen LogP contribution in [0, 0.1) is 11.8 Å². The molecule has 1 amide bonds. The molecule has 17 heavy (non-hydrogen) atoms. The van der Waals surface area contributed by atoms with Crippen LogP contribution in [0.3, 0.4) is 0 Å². The fourth-order valence-corrected chi connectivity index (χ4v) is 3.05. The molecule has 0 radical (unpaired) electrons. The third kappa shape index (κ3) is 4.50. The zero-order valence-corrected chi connectivity index (χ0v) is 12.2. The molecule has 0 heterocycles. The van der Waals surface area contributed by atoms with Gasteiger partial charge in [0.1, 0.15) is 0 Å². The zero-order chi connectivity index (χ0) is 12.8. The predicted molar refractivity (Wildman–Crippen MR) is 73.3 cm³/mol. The van der Waals surface area contributed by atoms with Crippen LogP contribution in [0.2, 0.25) is 0 Å². The second-order valence-corrected chi connectivity index (χ2v) is 6.02. The maximum absolute atomic E-state index is 12.2. The first kappa shape index (κ1) is 14.8. The summed E-state index contributed by atoms with van der Waals surface area (Å²) in [4.78, 5) is 14.2. The van der Waals surface area contributed by atoms with Crippen LogP contribution in [0.25, 0.3) is 0 Å². The normalized spacial score (nSPS) is 25.2. The summed E-state index contributed by atoms with van der Waals surface area (Å²) in [5.74, 6) is 1.20. The average molecular weight is 260 g/mol. The molecule has 0 aromatic heterocycles. The lowest BCUT2D eigenvalue weighted by Crippen LogP contribution is -2.40. The molecule has 100 valence electrons. The number of hydrogen-bond donors (Lipinski definition) is 0. The standard InChI is InChI=1S/C14H26ClNO/c1-4-6-7-12(5-2)14(17)16(3)10-11-8-13(15)9-11/h11-13H,4-10H2,1-3H3. The number of amides is 1. The smallest absolute Gasteiger partial charge is 0.225 e. The lowest BCUT2D eigenvalue weighted by molar-refractivity contribution is -0.135. The average Bonchev–Trinajstić information content (AvgIpc) is 2.27. The number of rotatable bonds is 7. The van der Waals surface area contributed by atoms with E-state index in [9.17, 15) is 4.79 Å². The molecular formula is C14H26ClNO. The summed E-state index contributed by atoms with van der Waals surface area (Å²) in [6.07, 6.45) is 6.48. The topological polar surface area (TPSA) is 20.3 Å². The van der Waals surface area contributed by atoms with Crippen molar-refractivity contribution in [3.8, 4) is 0 Å². The second kappa shape index (κ2) is 7.25. The lowest BCUT2D eigenvalue weighted by Gasteiger charge is -2.35. The molecule has 0 N–H and O–H groups in total. The molecule has 0 spiro atoms. The van der Waals surface area contributed by atoms with Crippen molar-refractivity contribution in [3.63, 3.8) is 0 Å². The SMILES string of the molecule is CCCCC(CC)C(=O)N(C)CC1CC(Cl)C1. The van der Waals surface area contributed by atoms with Gasteiger partial charge in [-0.05, 0) is 31.6 Å². The molecule has 1 atom stereocenters. The first-order valence-corrected chi connectivity index (χ1v) is 7.41. The molecular weight excluding hydrogens is 234 g/mol. The van der Waals surface area contributed by atoms with E-state index < -0.39 is 0 Å². The van der Waals surface area contributed by atoms with Gasteiger partial charge in [-0.25, -0.2) is 0 Å². The third-order valence-electron chi connectivity index (χ3n) is 3.83. The van der Waals surface area contributed by atoms with Crippen molar-refractivity contribution in [2.75, 3.05) is 13.6 Å². The highest BCUT2D eigenvalue weighted by Gasteiger charge is 2.30. The molecule has 0 aromatic carbocycles. The van der Waals surface area contributed by atoms with E-state index >= 15 is 0 Å². The summed E-state index contributed by atoms with van der Waals surface area (Å²) in [5.41, 5.74) is 0. The van der Waals surface area contributed by atoms with Gasteiger partial charge in [-0.1, -0.05) is 26.7 Å². The molecule has 1 fully saturated rings. The maximum Gasteiger partial charge on any atom is 0.225 e. The summed E-state index contributed by atoms with van der Waals surface area (Å²) < 4.78 is 0. The van der Waals surface area contributed by atoms with Gasteiger partial charge in [0.15, 0.2) is 0 Å². The van der Waals surface area contributed by atoms with E-state index in [0.29, 0.717) is 17.2 Å². The summed E-state index contributed by atoms with van der Waals surface area (Å²) in [7, 11) is 1.94. The fraction of sp³-hybridized carbons (Fsp3) is 0.929. The maximum atomic E-state index is 12.2. The van der Waals surface area contributed by atoms with Gasteiger partial charge in [0.25, 0.3) is 0 Å². The largest absolute Gasteiger partial charge is 0.345 e. The summed E-state index contributed by atoms with van der Waals surface area (Å²) in [6, 6.07) is 0. The molecule has 1 saturated carbocycles. The Bertz CT molecular complexity index is 238. The molecule has 1 unspecified atom stereocenters. The van der Waals surface area contributed by atoms with E-state index in [4.69, 9.17) is 11.6 Å². The van der Waals surface area contributed by atoms with Gasteiger partial charge in [0.2, 0.25) is 5.91 Å². The van der Waals surface area contributed by atoms with Crippen LogP contribution >= 0.6 is 11.6 Å². The van der Waals surface area contributed by atoms with Crippen molar-refractivity contribution < 1.29 is 4.79 Å². The third-order valence-corrected chi connectivity index (χ3v) is 4.19. The Kier molecular flexibility index (Phi) is 6.32. The van der Waals surface area contributed by atoms with Gasteiger partial charge in [-0.3, -0.25) is 4.79 Å². The molecule has 0 bridgehead atoms. The Morgan fingerprint density at radius 1 is 1.41 bits per heavy atom. The second-order valence-electron chi connectivity index (χ2n) is 5.40. The number of carbonyl (C=O) groups excluding carboxylic acids is 1. The van der Waals surface area contributed by atoms with Crippen molar-refractivity contribution in [1.29, 1.82) is 0 Å². The first-order chi connectivity index (χ1) is 8.08. The van der Waals surface area contributed by atoms with Gasteiger partial charge in [-0.2, -0.15) is 0 Å². The summed E-state index contributed by atoms with van der Waals surface area (Å²) in [5, 5.41) is 0.352. The highest BCUT2D eigenvalue weighted by atomic mass is 35.5. The van der Waals surface area contributed by atoms with Gasteiger partial charge in [0, 0.05) is 24.9 Å². The summed E-state index contributed by atoms with van der Waals surface area (Å²) >= 11 is 5.96. The van der Waals surface area contributed by atoms with Crippen LogP contribution in [-0.4, -0.2) is 29.8 Å². The van der Waals surface area contributed by atoms with Crippen molar-refractivity contribution in [2.45, 2.75) is 57.7 Å². The predicted octanol–water partition coefficient (Wildman–Crippen LogP) is 3.68. The summed E-state index contributed by atoms with van der Waals surface area (Å²) in [6.45, 7) is 5.19. The quantitative estimate of drug-likeness (QED) is 0.639. The molecule has 0 aromatic rings. The molecule has 0 aliphatic heterocycles. The number of alkyl halides is 1. The van der Waals surface area contributed by atoms with E-state index in [1.165, 1.54) is 6.42 Å². The Morgan fingerprint density at radius 2 is 2.06 bits per heavy atom. The molecule has 2 nitrogen and oxygen atoms in total.